The summed E-state index contributed by atoms with van der Waals surface area (Å²) in [6.45, 7) is 0. The Morgan fingerprint density at radius 3 is 2.44 bits per heavy atom. The highest BCUT2D eigenvalue weighted by Gasteiger charge is 2.20. The van der Waals surface area contributed by atoms with Crippen LogP contribution >= 0.6 is 15.9 Å². The first-order chi connectivity index (χ1) is 7.51. The Hall–Kier alpha value is -1.27. The molecule has 0 spiro atoms. The van der Waals surface area contributed by atoms with Crippen molar-refractivity contribution in [2.45, 2.75) is 6.10 Å². The monoisotopic (exact) mass is 290 g/mol. The Bertz CT molecular complexity index is 404. The number of aliphatic hydroxyl groups excluding tert-OH is 1. The highest BCUT2D eigenvalue weighted by molar-refractivity contribution is 9.10. The molecule has 16 heavy (non-hydrogen) atoms. The van der Waals surface area contributed by atoms with Gasteiger partial charge in [-0.2, -0.15) is 0 Å². The number of aliphatic hydroxyl groups is 1. The summed E-state index contributed by atoms with van der Waals surface area (Å²) in [6, 6.07) is 2.89. The maximum Gasteiger partial charge on any atom is 0.337 e. The number of benzene rings is 1. The van der Waals surface area contributed by atoms with Gasteiger partial charge >= 0.3 is 5.97 Å². The number of ether oxygens (including phenoxy) is 2. The highest BCUT2D eigenvalue weighted by Crippen LogP contribution is 2.37. The molecule has 0 aromatic heterocycles. The van der Waals surface area contributed by atoms with E-state index in [1.807, 2.05) is 0 Å². The molecule has 0 aliphatic rings. The van der Waals surface area contributed by atoms with E-state index >= 15 is 0 Å². The standard InChI is InChI=1S/C10H11BrO5/c1-15-7-4-5(8(12)10(13)14)3-6(11)9(7)16-2/h3-4,8,12H,1-2H3,(H,13,14)/t8-/m1/s1. The normalized spacial score (nSPS) is 12.0. The molecule has 2 N–H and O–H groups in total. The molecule has 0 radical (unpaired) electrons. The van der Waals surface area contributed by atoms with Crippen LogP contribution in [0.25, 0.3) is 0 Å². The number of carbonyl (C=O) groups is 1. The van der Waals surface area contributed by atoms with E-state index < -0.39 is 12.1 Å². The number of carboxylic acids is 1. The Morgan fingerprint density at radius 1 is 1.38 bits per heavy atom. The molecule has 1 rings (SSSR count). The third kappa shape index (κ3) is 2.45. The molecule has 88 valence electrons. The molecule has 0 bridgehead atoms. The van der Waals surface area contributed by atoms with Gasteiger partial charge in [-0.3, -0.25) is 0 Å². The zero-order chi connectivity index (χ0) is 12.3. The fourth-order valence-corrected chi connectivity index (χ4v) is 1.86. The summed E-state index contributed by atoms with van der Waals surface area (Å²) < 4.78 is 10.6. The first kappa shape index (κ1) is 12.8. The van der Waals surface area contributed by atoms with Crippen LogP contribution in [-0.4, -0.2) is 30.4 Å². The van der Waals surface area contributed by atoms with Crippen molar-refractivity contribution in [3.05, 3.63) is 22.2 Å². The molecule has 0 heterocycles. The van der Waals surface area contributed by atoms with Gasteiger partial charge in [0.2, 0.25) is 0 Å². The minimum absolute atomic E-state index is 0.219. The topological polar surface area (TPSA) is 76.0 Å². The Labute approximate surface area is 101 Å². The smallest absolute Gasteiger partial charge is 0.337 e. The van der Waals surface area contributed by atoms with Gasteiger partial charge in [-0.05, 0) is 33.6 Å². The molecule has 0 unspecified atom stereocenters. The molecule has 0 saturated heterocycles. The summed E-state index contributed by atoms with van der Waals surface area (Å²) in [4.78, 5) is 10.6. The highest BCUT2D eigenvalue weighted by atomic mass is 79.9. The van der Waals surface area contributed by atoms with Gasteiger partial charge in [0.05, 0.1) is 18.7 Å². The van der Waals surface area contributed by atoms with Crippen LogP contribution in [0.15, 0.2) is 16.6 Å². The zero-order valence-electron chi connectivity index (χ0n) is 8.73. The van der Waals surface area contributed by atoms with E-state index in [1.54, 1.807) is 0 Å². The van der Waals surface area contributed by atoms with E-state index in [0.717, 1.165) is 0 Å². The van der Waals surface area contributed by atoms with Crippen molar-refractivity contribution in [2.75, 3.05) is 14.2 Å². The average Bonchev–Trinajstić information content (AvgIpc) is 2.26. The van der Waals surface area contributed by atoms with Crippen molar-refractivity contribution >= 4 is 21.9 Å². The Kier molecular flexibility index (Phi) is 4.14. The summed E-state index contributed by atoms with van der Waals surface area (Å²) in [5.41, 5.74) is 0.219. The first-order valence-corrected chi connectivity index (χ1v) is 5.12. The SMILES string of the molecule is COc1cc([C@@H](O)C(=O)O)cc(Br)c1OC. The summed E-state index contributed by atoms with van der Waals surface area (Å²) in [6.07, 6.45) is -1.59. The molecule has 5 nitrogen and oxygen atoms in total. The van der Waals surface area contributed by atoms with Gasteiger partial charge in [0, 0.05) is 0 Å². The van der Waals surface area contributed by atoms with Crippen LogP contribution in [0.3, 0.4) is 0 Å². The van der Waals surface area contributed by atoms with E-state index in [1.165, 1.54) is 26.4 Å². The molecule has 0 aliphatic carbocycles. The summed E-state index contributed by atoms with van der Waals surface area (Å²) in [5.74, 6) is -0.518. The van der Waals surface area contributed by atoms with Gasteiger partial charge in [0.25, 0.3) is 0 Å². The van der Waals surface area contributed by atoms with Crippen LogP contribution in [0.4, 0.5) is 0 Å². The fraction of sp³-hybridized carbons (Fsp3) is 0.300. The lowest BCUT2D eigenvalue weighted by Crippen LogP contribution is -2.10. The maximum atomic E-state index is 10.6. The van der Waals surface area contributed by atoms with Gasteiger partial charge in [-0.25, -0.2) is 4.79 Å². The van der Waals surface area contributed by atoms with Gasteiger partial charge in [-0.15, -0.1) is 0 Å². The molecule has 0 amide bonds. The maximum absolute atomic E-state index is 10.6. The zero-order valence-corrected chi connectivity index (χ0v) is 10.3. The number of hydrogen-bond donors (Lipinski definition) is 2. The summed E-state index contributed by atoms with van der Waals surface area (Å²) in [7, 11) is 2.90. The second-order valence-electron chi connectivity index (χ2n) is 2.98. The van der Waals surface area contributed by atoms with Crippen molar-refractivity contribution in [1.82, 2.24) is 0 Å². The molecular weight excluding hydrogens is 280 g/mol. The number of methoxy groups -OCH3 is 2. The molecular formula is C10H11BrO5. The number of aliphatic carboxylic acids is 1. The first-order valence-electron chi connectivity index (χ1n) is 4.33. The minimum Gasteiger partial charge on any atom is -0.493 e. The third-order valence-electron chi connectivity index (χ3n) is 2.01. The molecule has 1 aromatic carbocycles. The Morgan fingerprint density at radius 2 is 2.00 bits per heavy atom. The minimum atomic E-state index is -1.59. The van der Waals surface area contributed by atoms with Crippen molar-refractivity contribution in [1.29, 1.82) is 0 Å². The summed E-state index contributed by atoms with van der Waals surface area (Å²) in [5, 5.41) is 18.1. The lowest BCUT2D eigenvalue weighted by Gasteiger charge is -2.13. The van der Waals surface area contributed by atoms with Crippen LogP contribution in [-0.2, 0) is 4.79 Å². The van der Waals surface area contributed by atoms with E-state index in [4.69, 9.17) is 14.6 Å². The molecule has 0 saturated carbocycles. The van der Waals surface area contributed by atoms with Gasteiger partial charge in [0.15, 0.2) is 17.6 Å². The molecule has 0 aliphatic heterocycles. The van der Waals surface area contributed by atoms with E-state index in [0.29, 0.717) is 16.0 Å². The van der Waals surface area contributed by atoms with Crippen LogP contribution in [0.5, 0.6) is 11.5 Å². The van der Waals surface area contributed by atoms with Gasteiger partial charge in [-0.1, -0.05) is 0 Å². The number of carboxylic acid groups (broad SMARTS) is 1. The summed E-state index contributed by atoms with van der Waals surface area (Å²) >= 11 is 3.21. The molecule has 0 fully saturated rings. The van der Waals surface area contributed by atoms with Crippen LogP contribution in [0.2, 0.25) is 0 Å². The van der Waals surface area contributed by atoms with Crippen LogP contribution < -0.4 is 9.47 Å². The predicted octanol–water partition coefficient (Wildman–Crippen LogP) is 1.58. The average molecular weight is 291 g/mol. The van der Waals surface area contributed by atoms with Crippen molar-refractivity contribution < 1.29 is 24.5 Å². The van der Waals surface area contributed by atoms with Crippen molar-refractivity contribution in [3.8, 4) is 11.5 Å². The lowest BCUT2D eigenvalue weighted by molar-refractivity contribution is -0.146. The molecule has 6 heteroatoms. The quantitative estimate of drug-likeness (QED) is 0.881. The van der Waals surface area contributed by atoms with Gasteiger partial charge in [0.1, 0.15) is 0 Å². The van der Waals surface area contributed by atoms with Crippen LogP contribution in [0, 0.1) is 0 Å². The lowest BCUT2D eigenvalue weighted by atomic mass is 10.1. The molecule has 1 atom stereocenters. The Balaban J connectivity index is 3.25. The number of hydrogen-bond acceptors (Lipinski definition) is 4. The van der Waals surface area contributed by atoms with Crippen molar-refractivity contribution in [2.24, 2.45) is 0 Å². The number of rotatable bonds is 4. The van der Waals surface area contributed by atoms with E-state index in [2.05, 4.69) is 15.9 Å². The van der Waals surface area contributed by atoms with E-state index in [9.17, 15) is 9.90 Å². The van der Waals surface area contributed by atoms with E-state index in [-0.39, 0.29) is 5.56 Å². The van der Waals surface area contributed by atoms with Gasteiger partial charge < -0.3 is 19.7 Å². The largest absolute Gasteiger partial charge is 0.493 e. The molecule has 1 aromatic rings. The number of halogens is 1. The third-order valence-corrected chi connectivity index (χ3v) is 2.59. The van der Waals surface area contributed by atoms with Crippen LogP contribution in [0.1, 0.15) is 11.7 Å². The second kappa shape index (κ2) is 5.18. The fourth-order valence-electron chi connectivity index (χ4n) is 1.24. The van der Waals surface area contributed by atoms with Crippen molar-refractivity contribution in [3.63, 3.8) is 0 Å². The second-order valence-corrected chi connectivity index (χ2v) is 3.83. The predicted molar refractivity (Wildman–Crippen MR) is 59.8 cm³/mol.